The molecular formula is C13H17Cl2NO2. The Morgan fingerprint density at radius 3 is 2.78 bits per heavy atom. The molecule has 1 aromatic carbocycles. The van der Waals surface area contributed by atoms with E-state index >= 15 is 0 Å². The maximum Gasteiger partial charge on any atom is 0.253 e. The molecule has 1 unspecified atom stereocenters. The van der Waals surface area contributed by atoms with Crippen LogP contribution >= 0.6 is 23.2 Å². The van der Waals surface area contributed by atoms with E-state index in [9.17, 15) is 4.79 Å². The van der Waals surface area contributed by atoms with E-state index in [1.165, 1.54) is 0 Å². The van der Waals surface area contributed by atoms with E-state index in [2.05, 4.69) is 0 Å². The van der Waals surface area contributed by atoms with Gasteiger partial charge in [0.05, 0.1) is 12.0 Å². The maximum atomic E-state index is 12.2. The predicted molar refractivity (Wildman–Crippen MR) is 74.7 cm³/mol. The van der Waals surface area contributed by atoms with Gasteiger partial charge in [0.2, 0.25) is 0 Å². The first-order valence-electron chi connectivity index (χ1n) is 5.61. The monoisotopic (exact) mass is 289 g/mol. The van der Waals surface area contributed by atoms with Gasteiger partial charge in [0, 0.05) is 31.3 Å². The van der Waals surface area contributed by atoms with Gasteiger partial charge in [-0.25, -0.2) is 0 Å². The number of carbonyl (C=O) groups is 1. The Morgan fingerprint density at radius 2 is 2.17 bits per heavy atom. The molecule has 0 fully saturated rings. The highest BCUT2D eigenvalue weighted by molar-refractivity contribution is 6.31. The van der Waals surface area contributed by atoms with Crippen LogP contribution in [0.2, 0.25) is 5.02 Å². The second kappa shape index (κ2) is 6.98. The van der Waals surface area contributed by atoms with Crippen molar-refractivity contribution in [1.29, 1.82) is 0 Å². The SMILES string of the molecule is COCC(Cl)CN(C)C(=O)c1cccc(Cl)c1C. The van der Waals surface area contributed by atoms with Crippen LogP contribution < -0.4 is 0 Å². The largest absolute Gasteiger partial charge is 0.383 e. The van der Waals surface area contributed by atoms with Crippen LogP contribution in [-0.4, -0.2) is 43.5 Å². The summed E-state index contributed by atoms with van der Waals surface area (Å²) in [6, 6.07) is 5.30. The first kappa shape index (κ1) is 15.3. The molecule has 100 valence electrons. The fourth-order valence-electron chi connectivity index (χ4n) is 1.66. The lowest BCUT2D eigenvalue weighted by atomic mass is 10.1. The molecule has 1 aromatic rings. The fourth-order valence-corrected chi connectivity index (χ4v) is 2.17. The number of benzene rings is 1. The molecule has 3 nitrogen and oxygen atoms in total. The summed E-state index contributed by atoms with van der Waals surface area (Å²) in [5.74, 6) is -0.0863. The molecule has 1 rings (SSSR count). The predicted octanol–water partition coefficient (Wildman–Crippen LogP) is 2.97. The van der Waals surface area contributed by atoms with Gasteiger partial charge in [-0.05, 0) is 24.6 Å². The van der Waals surface area contributed by atoms with Gasteiger partial charge in [-0.1, -0.05) is 17.7 Å². The third-order valence-corrected chi connectivity index (χ3v) is 3.34. The normalized spacial score (nSPS) is 12.3. The molecule has 0 N–H and O–H groups in total. The molecule has 0 bridgehead atoms. The highest BCUT2D eigenvalue weighted by atomic mass is 35.5. The quantitative estimate of drug-likeness (QED) is 0.780. The van der Waals surface area contributed by atoms with Crippen LogP contribution in [-0.2, 0) is 4.74 Å². The van der Waals surface area contributed by atoms with Crippen molar-refractivity contribution in [1.82, 2.24) is 4.90 Å². The van der Waals surface area contributed by atoms with Crippen molar-refractivity contribution in [3.8, 4) is 0 Å². The third-order valence-electron chi connectivity index (χ3n) is 2.66. The van der Waals surface area contributed by atoms with Gasteiger partial charge in [-0.3, -0.25) is 4.79 Å². The van der Waals surface area contributed by atoms with Crippen molar-refractivity contribution in [3.05, 3.63) is 34.3 Å². The molecule has 0 aliphatic rings. The minimum absolute atomic E-state index is 0.0863. The Morgan fingerprint density at radius 1 is 1.50 bits per heavy atom. The van der Waals surface area contributed by atoms with Crippen LogP contribution in [0.3, 0.4) is 0 Å². The molecule has 0 spiro atoms. The van der Waals surface area contributed by atoms with Gasteiger partial charge >= 0.3 is 0 Å². The van der Waals surface area contributed by atoms with Gasteiger partial charge < -0.3 is 9.64 Å². The lowest BCUT2D eigenvalue weighted by Gasteiger charge is -2.21. The smallest absolute Gasteiger partial charge is 0.253 e. The van der Waals surface area contributed by atoms with Crippen molar-refractivity contribution in [3.63, 3.8) is 0 Å². The minimum Gasteiger partial charge on any atom is -0.383 e. The number of nitrogens with zero attached hydrogens (tertiary/aromatic N) is 1. The zero-order valence-electron chi connectivity index (χ0n) is 10.7. The number of hydrogen-bond acceptors (Lipinski definition) is 2. The van der Waals surface area contributed by atoms with Gasteiger partial charge in [0.1, 0.15) is 0 Å². The molecule has 0 aromatic heterocycles. The molecule has 1 amide bonds. The molecule has 0 radical (unpaired) electrons. The average Bonchev–Trinajstić information content (AvgIpc) is 2.32. The van der Waals surface area contributed by atoms with Crippen LogP contribution in [0.5, 0.6) is 0 Å². The summed E-state index contributed by atoms with van der Waals surface area (Å²) >= 11 is 12.0. The summed E-state index contributed by atoms with van der Waals surface area (Å²) in [7, 11) is 3.30. The molecule has 0 heterocycles. The Kier molecular flexibility index (Phi) is 5.93. The van der Waals surface area contributed by atoms with Crippen LogP contribution in [0.15, 0.2) is 18.2 Å². The van der Waals surface area contributed by atoms with Crippen molar-refractivity contribution in [2.24, 2.45) is 0 Å². The van der Waals surface area contributed by atoms with Crippen molar-refractivity contribution < 1.29 is 9.53 Å². The number of halogens is 2. The molecule has 0 saturated heterocycles. The number of hydrogen-bond donors (Lipinski definition) is 0. The summed E-state index contributed by atoms with van der Waals surface area (Å²) in [6.07, 6.45) is 0. The summed E-state index contributed by atoms with van der Waals surface area (Å²) in [5, 5.41) is 0.372. The number of ether oxygens (including phenoxy) is 1. The molecule has 0 saturated carbocycles. The van der Waals surface area contributed by atoms with Crippen molar-refractivity contribution in [2.45, 2.75) is 12.3 Å². The van der Waals surface area contributed by atoms with E-state index in [0.29, 0.717) is 23.7 Å². The molecule has 1 atom stereocenters. The van der Waals surface area contributed by atoms with E-state index in [1.807, 2.05) is 6.92 Å². The second-order valence-electron chi connectivity index (χ2n) is 4.15. The van der Waals surface area contributed by atoms with Gasteiger partial charge in [0.15, 0.2) is 0 Å². The Hall–Kier alpha value is -0.770. The lowest BCUT2D eigenvalue weighted by molar-refractivity contribution is 0.0781. The van der Waals surface area contributed by atoms with Crippen LogP contribution in [0.1, 0.15) is 15.9 Å². The number of methoxy groups -OCH3 is 1. The van der Waals surface area contributed by atoms with E-state index in [4.69, 9.17) is 27.9 Å². The average molecular weight is 290 g/mol. The number of alkyl halides is 1. The van der Waals surface area contributed by atoms with Gasteiger partial charge in [-0.2, -0.15) is 0 Å². The summed E-state index contributed by atoms with van der Waals surface area (Å²) in [5.41, 5.74) is 1.39. The maximum absolute atomic E-state index is 12.2. The van der Waals surface area contributed by atoms with Crippen LogP contribution in [0.25, 0.3) is 0 Å². The summed E-state index contributed by atoms with van der Waals surface area (Å²) in [4.78, 5) is 13.8. The Labute approximate surface area is 118 Å². The van der Waals surface area contributed by atoms with E-state index < -0.39 is 0 Å². The molecular weight excluding hydrogens is 273 g/mol. The number of amides is 1. The molecule has 5 heteroatoms. The Balaban J connectivity index is 2.77. The highest BCUT2D eigenvalue weighted by Crippen LogP contribution is 2.20. The summed E-state index contributed by atoms with van der Waals surface area (Å²) in [6.45, 7) is 2.67. The van der Waals surface area contributed by atoms with E-state index in [0.717, 1.165) is 5.56 Å². The lowest BCUT2D eigenvalue weighted by Crippen LogP contribution is -2.34. The van der Waals surface area contributed by atoms with Crippen LogP contribution in [0.4, 0.5) is 0 Å². The van der Waals surface area contributed by atoms with E-state index in [1.54, 1.807) is 37.3 Å². The van der Waals surface area contributed by atoms with Crippen LogP contribution in [0, 0.1) is 6.92 Å². The third kappa shape index (κ3) is 3.87. The zero-order chi connectivity index (χ0) is 13.7. The Bertz CT molecular complexity index is 423. The zero-order valence-corrected chi connectivity index (χ0v) is 12.3. The molecule has 18 heavy (non-hydrogen) atoms. The topological polar surface area (TPSA) is 29.5 Å². The number of carbonyl (C=O) groups excluding carboxylic acids is 1. The number of rotatable bonds is 5. The fraction of sp³-hybridized carbons (Fsp3) is 0.462. The minimum atomic E-state index is -0.219. The molecule has 0 aliphatic heterocycles. The van der Waals surface area contributed by atoms with Gasteiger partial charge in [0.25, 0.3) is 5.91 Å². The van der Waals surface area contributed by atoms with Crippen molar-refractivity contribution >= 4 is 29.1 Å². The molecule has 0 aliphatic carbocycles. The first-order valence-corrected chi connectivity index (χ1v) is 6.42. The van der Waals surface area contributed by atoms with Gasteiger partial charge in [-0.15, -0.1) is 11.6 Å². The standard InChI is InChI=1S/C13H17Cl2NO2/c1-9-11(5-4-6-12(9)15)13(17)16(2)7-10(14)8-18-3/h4-6,10H,7-8H2,1-3H3. The first-order chi connectivity index (χ1) is 8.47. The van der Waals surface area contributed by atoms with Crippen molar-refractivity contribution in [2.75, 3.05) is 27.3 Å². The van der Waals surface area contributed by atoms with E-state index in [-0.39, 0.29) is 11.3 Å². The summed E-state index contributed by atoms with van der Waals surface area (Å²) < 4.78 is 4.94. The second-order valence-corrected chi connectivity index (χ2v) is 5.18. The highest BCUT2D eigenvalue weighted by Gasteiger charge is 2.17.